The summed E-state index contributed by atoms with van der Waals surface area (Å²) in [5.41, 5.74) is 2.99. The van der Waals surface area contributed by atoms with Gasteiger partial charge in [-0.15, -0.1) is 0 Å². The molecule has 2 amide bonds. The number of carbonyl (C=O) groups excluding carboxylic acids is 2. The molecule has 0 N–H and O–H groups in total. The highest BCUT2D eigenvalue weighted by Crippen LogP contribution is 2.32. The predicted molar refractivity (Wildman–Crippen MR) is 136 cm³/mol. The smallest absolute Gasteiger partial charge is 0.253 e. The lowest BCUT2D eigenvalue weighted by atomic mass is 9.95. The molecule has 0 spiro atoms. The Balaban J connectivity index is 1.28. The van der Waals surface area contributed by atoms with E-state index in [2.05, 4.69) is 30.9 Å². The number of amides is 2. The number of hydrogen-bond donors (Lipinski definition) is 0. The Morgan fingerprint density at radius 3 is 2.41 bits per heavy atom. The molecule has 2 aromatic carbocycles. The molecule has 0 bridgehead atoms. The summed E-state index contributed by atoms with van der Waals surface area (Å²) < 4.78 is 5.86. The summed E-state index contributed by atoms with van der Waals surface area (Å²) in [4.78, 5) is 32.1. The summed E-state index contributed by atoms with van der Waals surface area (Å²) >= 11 is 0. The van der Waals surface area contributed by atoms with E-state index in [1.165, 1.54) is 5.56 Å². The van der Waals surface area contributed by atoms with Crippen molar-refractivity contribution in [2.24, 2.45) is 0 Å². The van der Waals surface area contributed by atoms with Gasteiger partial charge < -0.3 is 19.4 Å². The van der Waals surface area contributed by atoms with E-state index in [4.69, 9.17) is 4.74 Å². The Hall–Kier alpha value is -2.86. The Kier molecular flexibility index (Phi) is 8.22. The molecule has 0 radical (unpaired) electrons. The van der Waals surface area contributed by atoms with Crippen LogP contribution in [0.3, 0.4) is 0 Å². The number of aryl methyl sites for hydroxylation is 1. The number of fused-ring (bicyclic) bond motifs is 1. The van der Waals surface area contributed by atoms with E-state index < -0.39 is 0 Å². The molecular weight excluding hydrogens is 426 g/mol. The number of anilines is 1. The Morgan fingerprint density at radius 2 is 1.71 bits per heavy atom. The number of para-hydroxylation sites is 1. The van der Waals surface area contributed by atoms with Crippen LogP contribution in [0.5, 0.6) is 5.75 Å². The second-order valence-electron chi connectivity index (χ2n) is 9.17. The molecule has 2 aromatic rings. The predicted octanol–water partition coefficient (Wildman–Crippen LogP) is 4.38. The van der Waals surface area contributed by atoms with Gasteiger partial charge >= 0.3 is 0 Å². The van der Waals surface area contributed by atoms with Crippen LogP contribution in [0.25, 0.3) is 0 Å². The van der Waals surface area contributed by atoms with Gasteiger partial charge in [0.05, 0.1) is 6.61 Å². The van der Waals surface area contributed by atoms with Crippen LogP contribution < -0.4 is 9.64 Å². The molecule has 6 heteroatoms. The zero-order chi connectivity index (χ0) is 23.9. The van der Waals surface area contributed by atoms with Crippen molar-refractivity contribution in [1.82, 2.24) is 9.80 Å². The molecule has 2 aliphatic heterocycles. The Labute approximate surface area is 203 Å². The van der Waals surface area contributed by atoms with Gasteiger partial charge in [-0.2, -0.15) is 0 Å². The van der Waals surface area contributed by atoms with Crippen molar-refractivity contribution in [3.05, 3.63) is 59.7 Å². The number of benzene rings is 2. The minimum absolute atomic E-state index is 0.0527. The van der Waals surface area contributed by atoms with Crippen LogP contribution in [-0.4, -0.2) is 67.0 Å². The highest BCUT2D eigenvalue weighted by atomic mass is 16.5. The lowest BCUT2D eigenvalue weighted by Gasteiger charge is -2.41. The number of nitrogens with zero attached hydrogens (tertiary/aromatic N) is 3. The average Bonchev–Trinajstić information content (AvgIpc) is 2.89. The largest absolute Gasteiger partial charge is 0.494 e. The second-order valence-corrected chi connectivity index (χ2v) is 9.17. The fourth-order valence-electron chi connectivity index (χ4n) is 5.08. The van der Waals surface area contributed by atoms with Crippen LogP contribution >= 0.6 is 0 Å². The van der Waals surface area contributed by atoms with Gasteiger partial charge in [-0.25, -0.2) is 0 Å². The number of hydrogen-bond acceptors (Lipinski definition) is 4. The van der Waals surface area contributed by atoms with Gasteiger partial charge in [0.25, 0.3) is 5.91 Å². The third kappa shape index (κ3) is 5.61. The molecule has 2 aliphatic rings. The van der Waals surface area contributed by atoms with E-state index in [0.717, 1.165) is 56.8 Å². The molecule has 0 aliphatic carbocycles. The Bertz CT molecular complexity index is 963. The van der Waals surface area contributed by atoms with Crippen molar-refractivity contribution < 1.29 is 14.3 Å². The minimum Gasteiger partial charge on any atom is -0.494 e. The van der Waals surface area contributed by atoms with E-state index in [9.17, 15) is 9.59 Å². The molecule has 34 heavy (non-hydrogen) atoms. The molecule has 0 saturated carbocycles. The van der Waals surface area contributed by atoms with Crippen LogP contribution in [0.15, 0.2) is 48.5 Å². The quantitative estimate of drug-likeness (QED) is 0.518. The maximum atomic E-state index is 13.1. The highest BCUT2D eigenvalue weighted by Gasteiger charge is 2.33. The van der Waals surface area contributed by atoms with Crippen molar-refractivity contribution in [3.63, 3.8) is 0 Å². The summed E-state index contributed by atoms with van der Waals surface area (Å²) in [7, 11) is 0. The first-order valence-corrected chi connectivity index (χ1v) is 12.7. The van der Waals surface area contributed by atoms with Crippen molar-refractivity contribution in [1.29, 1.82) is 0 Å². The van der Waals surface area contributed by atoms with Gasteiger partial charge in [-0.1, -0.05) is 32.0 Å². The van der Waals surface area contributed by atoms with Gasteiger partial charge in [0.15, 0.2) is 0 Å². The van der Waals surface area contributed by atoms with Crippen LogP contribution in [0.2, 0.25) is 0 Å². The molecular formula is C28H37N3O3. The molecule has 2 heterocycles. The maximum Gasteiger partial charge on any atom is 0.253 e. The third-order valence-electron chi connectivity index (χ3n) is 7.13. The molecule has 1 fully saturated rings. The molecule has 0 unspecified atom stereocenters. The Morgan fingerprint density at radius 1 is 1.00 bits per heavy atom. The summed E-state index contributed by atoms with van der Waals surface area (Å²) in [6.45, 7) is 9.52. The maximum absolute atomic E-state index is 13.1. The molecule has 4 rings (SSSR count). The monoisotopic (exact) mass is 463 g/mol. The number of rotatable bonds is 9. The van der Waals surface area contributed by atoms with Crippen molar-refractivity contribution in [2.75, 3.05) is 44.2 Å². The first-order valence-electron chi connectivity index (χ1n) is 12.7. The van der Waals surface area contributed by atoms with Crippen LogP contribution in [0, 0.1) is 0 Å². The number of likely N-dealkylation sites (tertiary alicyclic amines) is 1. The molecule has 182 valence electrons. The summed E-state index contributed by atoms with van der Waals surface area (Å²) in [5.74, 6) is 1.06. The molecule has 1 saturated heterocycles. The van der Waals surface area contributed by atoms with Gasteiger partial charge in [0.2, 0.25) is 5.91 Å². The standard InChI is InChI=1S/C28H37N3O3/c1-3-29(4-2)18-7-21-34-25-13-10-23(11-14-25)28(33)30-19-16-24(17-20-30)31-26-9-6-5-8-22(26)12-15-27(31)32/h5-6,8-11,13-14,24H,3-4,7,12,15-21H2,1-2H3. The van der Waals surface area contributed by atoms with Gasteiger partial charge in [-0.05, 0) is 74.7 Å². The van der Waals surface area contributed by atoms with Crippen molar-refractivity contribution in [2.45, 2.75) is 52.0 Å². The molecule has 6 nitrogen and oxygen atoms in total. The zero-order valence-corrected chi connectivity index (χ0v) is 20.5. The van der Waals surface area contributed by atoms with E-state index in [-0.39, 0.29) is 17.9 Å². The average molecular weight is 464 g/mol. The third-order valence-corrected chi connectivity index (χ3v) is 7.13. The normalized spacial score (nSPS) is 16.6. The fraction of sp³-hybridized carbons (Fsp3) is 0.500. The summed E-state index contributed by atoms with van der Waals surface area (Å²) in [5, 5.41) is 0. The van der Waals surface area contributed by atoms with E-state index in [0.29, 0.717) is 31.7 Å². The number of piperidine rings is 1. The van der Waals surface area contributed by atoms with E-state index >= 15 is 0 Å². The minimum atomic E-state index is 0.0527. The van der Waals surface area contributed by atoms with Gasteiger partial charge in [0.1, 0.15) is 5.75 Å². The topological polar surface area (TPSA) is 53.1 Å². The lowest BCUT2D eigenvalue weighted by Crippen LogP contribution is -2.50. The fourth-order valence-corrected chi connectivity index (χ4v) is 5.08. The lowest BCUT2D eigenvalue weighted by molar-refractivity contribution is -0.119. The van der Waals surface area contributed by atoms with Crippen LogP contribution in [0.1, 0.15) is 55.5 Å². The van der Waals surface area contributed by atoms with Gasteiger partial charge in [0, 0.05) is 43.3 Å². The highest BCUT2D eigenvalue weighted by molar-refractivity contribution is 5.97. The van der Waals surface area contributed by atoms with Gasteiger partial charge in [-0.3, -0.25) is 9.59 Å². The first-order chi connectivity index (χ1) is 16.6. The number of ether oxygens (including phenoxy) is 1. The van der Waals surface area contributed by atoms with Crippen molar-refractivity contribution >= 4 is 17.5 Å². The van der Waals surface area contributed by atoms with Crippen molar-refractivity contribution in [3.8, 4) is 5.75 Å². The van der Waals surface area contributed by atoms with Crippen LogP contribution in [-0.2, 0) is 11.2 Å². The van der Waals surface area contributed by atoms with E-state index in [1.807, 2.05) is 46.2 Å². The SMILES string of the molecule is CCN(CC)CCCOc1ccc(C(=O)N2CCC(N3C(=O)CCc4ccccc43)CC2)cc1. The summed E-state index contributed by atoms with van der Waals surface area (Å²) in [6, 6.07) is 15.9. The summed E-state index contributed by atoms with van der Waals surface area (Å²) in [6.07, 6.45) is 3.99. The zero-order valence-electron chi connectivity index (χ0n) is 20.5. The number of carbonyl (C=O) groups is 2. The molecule has 0 atom stereocenters. The molecule has 0 aromatic heterocycles. The first kappa shape index (κ1) is 24.3. The van der Waals surface area contributed by atoms with Crippen LogP contribution in [0.4, 0.5) is 5.69 Å². The van der Waals surface area contributed by atoms with E-state index in [1.54, 1.807) is 0 Å². The second kappa shape index (κ2) is 11.5.